The highest BCUT2D eigenvalue weighted by molar-refractivity contribution is 5.94. The zero-order valence-corrected chi connectivity index (χ0v) is 12.9. The lowest BCUT2D eigenvalue weighted by Crippen LogP contribution is -2.24. The number of carbonyl (C=O) groups is 1. The predicted molar refractivity (Wildman–Crippen MR) is 83.1 cm³/mol. The van der Waals surface area contributed by atoms with Gasteiger partial charge in [0.25, 0.3) is 5.91 Å². The number of unbranched alkanes of at least 4 members (excludes halogenated alkanes) is 3. The number of carbonyl (C=O) groups excluding carboxylic acids is 1. The van der Waals surface area contributed by atoms with Gasteiger partial charge in [0.2, 0.25) is 0 Å². The standard InChI is InChI=1S/C17H27NO2/c1-13(2)8-6-4-5-7-11-18-17(20)15-10-9-14(3)16(19)12-15/h9-10,12-13,19H,4-8,11H2,1-3H3,(H,18,20). The summed E-state index contributed by atoms with van der Waals surface area (Å²) in [6, 6.07) is 5.02. The maximum absolute atomic E-state index is 11.9. The van der Waals surface area contributed by atoms with Gasteiger partial charge in [-0.05, 0) is 37.0 Å². The van der Waals surface area contributed by atoms with Crippen LogP contribution in [0.15, 0.2) is 18.2 Å². The normalized spacial score (nSPS) is 10.8. The molecule has 20 heavy (non-hydrogen) atoms. The summed E-state index contributed by atoms with van der Waals surface area (Å²) in [4.78, 5) is 11.9. The summed E-state index contributed by atoms with van der Waals surface area (Å²) >= 11 is 0. The Balaban J connectivity index is 2.18. The SMILES string of the molecule is Cc1ccc(C(=O)NCCCCCCC(C)C)cc1O. The van der Waals surface area contributed by atoms with Gasteiger partial charge in [0, 0.05) is 12.1 Å². The molecule has 0 aliphatic rings. The minimum atomic E-state index is -0.109. The average molecular weight is 277 g/mol. The first-order valence-corrected chi connectivity index (χ1v) is 7.58. The Morgan fingerprint density at radius 1 is 1.20 bits per heavy atom. The van der Waals surface area contributed by atoms with E-state index in [1.165, 1.54) is 25.3 Å². The highest BCUT2D eigenvalue weighted by Crippen LogP contribution is 2.17. The molecular formula is C17H27NO2. The average Bonchev–Trinajstić information content (AvgIpc) is 2.40. The summed E-state index contributed by atoms with van der Waals surface area (Å²) < 4.78 is 0. The number of nitrogens with one attached hydrogen (secondary N) is 1. The van der Waals surface area contributed by atoms with Crippen LogP contribution < -0.4 is 5.32 Å². The second-order valence-corrected chi connectivity index (χ2v) is 5.85. The van der Waals surface area contributed by atoms with Crippen molar-refractivity contribution in [3.8, 4) is 5.75 Å². The van der Waals surface area contributed by atoms with Crippen molar-refractivity contribution >= 4 is 5.91 Å². The molecule has 2 N–H and O–H groups in total. The van der Waals surface area contributed by atoms with Crippen LogP contribution in [0, 0.1) is 12.8 Å². The van der Waals surface area contributed by atoms with E-state index < -0.39 is 0 Å². The summed E-state index contributed by atoms with van der Waals surface area (Å²) in [6.07, 6.45) is 5.97. The minimum absolute atomic E-state index is 0.109. The van der Waals surface area contributed by atoms with Crippen molar-refractivity contribution in [1.29, 1.82) is 0 Å². The van der Waals surface area contributed by atoms with Crippen LogP contribution in [0.5, 0.6) is 5.75 Å². The van der Waals surface area contributed by atoms with Crippen LogP contribution in [0.1, 0.15) is 61.9 Å². The zero-order chi connectivity index (χ0) is 15.0. The molecule has 0 radical (unpaired) electrons. The third-order valence-corrected chi connectivity index (χ3v) is 3.47. The quantitative estimate of drug-likeness (QED) is 0.705. The Morgan fingerprint density at radius 3 is 2.55 bits per heavy atom. The molecule has 0 aliphatic carbocycles. The Hall–Kier alpha value is -1.51. The molecule has 3 nitrogen and oxygen atoms in total. The zero-order valence-electron chi connectivity index (χ0n) is 12.9. The van der Waals surface area contributed by atoms with Crippen molar-refractivity contribution in [1.82, 2.24) is 5.32 Å². The lowest BCUT2D eigenvalue weighted by molar-refractivity contribution is 0.0952. The molecule has 0 bridgehead atoms. The molecule has 0 aromatic heterocycles. The fourth-order valence-electron chi connectivity index (χ4n) is 2.09. The number of phenols is 1. The van der Waals surface area contributed by atoms with Crippen LogP contribution >= 0.6 is 0 Å². The summed E-state index contributed by atoms with van der Waals surface area (Å²) in [5, 5.41) is 12.5. The van der Waals surface area contributed by atoms with Gasteiger partial charge in [0.05, 0.1) is 0 Å². The minimum Gasteiger partial charge on any atom is -0.508 e. The van der Waals surface area contributed by atoms with E-state index >= 15 is 0 Å². The van der Waals surface area contributed by atoms with E-state index in [1.807, 2.05) is 6.92 Å². The van der Waals surface area contributed by atoms with Crippen molar-refractivity contribution in [2.45, 2.75) is 52.9 Å². The first-order valence-electron chi connectivity index (χ1n) is 7.58. The first-order chi connectivity index (χ1) is 9.50. The second-order valence-electron chi connectivity index (χ2n) is 5.85. The molecule has 3 heteroatoms. The number of aromatic hydroxyl groups is 1. The van der Waals surface area contributed by atoms with Gasteiger partial charge in [-0.3, -0.25) is 4.79 Å². The topological polar surface area (TPSA) is 49.3 Å². The Kier molecular flexibility index (Phi) is 7.13. The molecule has 0 fully saturated rings. The van der Waals surface area contributed by atoms with Crippen molar-refractivity contribution in [2.75, 3.05) is 6.54 Å². The summed E-state index contributed by atoms with van der Waals surface area (Å²) in [6.45, 7) is 7.01. The van der Waals surface area contributed by atoms with Gasteiger partial charge in [-0.25, -0.2) is 0 Å². The summed E-state index contributed by atoms with van der Waals surface area (Å²) in [5.74, 6) is 0.845. The highest BCUT2D eigenvalue weighted by atomic mass is 16.3. The Labute approximate surface area is 122 Å². The number of hydrogen-bond acceptors (Lipinski definition) is 2. The Morgan fingerprint density at radius 2 is 1.90 bits per heavy atom. The molecule has 0 aliphatic heterocycles. The number of hydrogen-bond donors (Lipinski definition) is 2. The highest BCUT2D eigenvalue weighted by Gasteiger charge is 2.06. The fraction of sp³-hybridized carbons (Fsp3) is 0.588. The van der Waals surface area contributed by atoms with Crippen LogP contribution in [0.4, 0.5) is 0 Å². The number of rotatable bonds is 8. The first kappa shape index (κ1) is 16.5. The number of aryl methyl sites for hydroxylation is 1. The fourth-order valence-corrected chi connectivity index (χ4v) is 2.09. The van der Waals surface area contributed by atoms with E-state index in [0.29, 0.717) is 12.1 Å². The lowest BCUT2D eigenvalue weighted by Gasteiger charge is -2.07. The smallest absolute Gasteiger partial charge is 0.251 e. The maximum atomic E-state index is 11.9. The third kappa shape index (κ3) is 6.09. The van der Waals surface area contributed by atoms with E-state index in [1.54, 1.807) is 12.1 Å². The molecule has 0 saturated heterocycles. The van der Waals surface area contributed by atoms with Crippen molar-refractivity contribution < 1.29 is 9.90 Å². The lowest BCUT2D eigenvalue weighted by atomic mass is 10.0. The third-order valence-electron chi connectivity index (χ3n) is 3.47. The molecule has 112 valence electrons. The van der Waals surface area contributed by atoms with Gasteiger partial charge >= 0.3 is 0 Å². The largest absolute Gasteiger partial charge is 0.508 e. The molecule has 0 heterocycles. The van der Waals surface area contributed by atoms with Gasteiger partial charge in [-0.1, -0.05) is 45.6 Å². The molecule has 1 aromatic rings. The summed E-state index contributed by atoms with van der Waals surface area (Å²) in [5.41, 5.74) is 1.31. The molecular weight excluding hydrogens is 250 g/mol. The monoisotopic (exact) mass is 277 g/mol. The molecule has 0 unspecified atom stereocenters. The van der Waals surface area contributed by atoms with Crippen molar-refractivity contribution in [3.63, 3.8) is 0 Å². The molecule has 0 atom stereocenters. The predicted octanol–water partition coefficient (Wildman–Crippen LogP) is 4.04. The van der Waals surface area contributed by atoms with Gasteiger partial charge in [0.15, 0.2) is 0 Å². The molecule has 0 spiro atoms. The van der Waals surface area contributed by atoms with Crippen LogP contribution in [0.25, 0.3) is 0 Å². The van der Waals surface area contributed by atoms with Gasteiger partial charge in [0.1, 0.15) is 5.75 Å². The Bertz CT molecular complexity index is 427. The van der Waals surface area contributed by atoms with Gasteiger partial charge in [-0.2, -0.15) is 0 Å². The van der Waals surface area contributed by atoms with E-state index in [2.05, 4.69) is 19.2 Å². The van der Waals surface area contributed by atoms with Crippen molar-refractivity contribution in [3.05, 3.63) is 29.3 Å². The van der Waals surface area contributed by atoms with Crippen LogP contribution in [0.2, 0.25) is 0 Å². The summed E-state index contributed by atoms with van der Waals surface area (Å²) in [7, 11) is 0. The number of benzene rings is 1. The van der Waals surface area contributed by atoms with Gasteiger partial charge < -0.3 is 10.4 Å². The van der Waals surface area contributed by atoms with E-state index in [4.69, 9.17) is 0 Å². The van der Waals surface area contributed by atoms with E-state index in [9.17, 15) is 9.90 Å². The van der Waals surface area contributed by atoms with E-state index in [0.717, 1.165) is 24.3 Å². The molecule has 1 aromatic carbocycles. The van der Waals surface area contributed by atoms with Crippen LogP contribution in [-0.4, -0.2) is 17.6 Å². The maximum Gasteiger partial charge on any atom is 0.251 e. The molecule has 0 saturated carbocycles. The van der Waals surface area contributed by atoms with Crippen LogP contribution in [0.3, 0.4) is 0 Å². The van der Waals surface area contributed by atoms with Crippen molar-refractivity contribution in [2.24, 2.45) is 5.92 Å². The van der Waals surface area contributed by atoms with Gasteiger partial charge in [-0.15, -0.1) is 0 Å². The van der Waals surface area contributed by atoms with Crippen LogP contribution in [-0.2, 0) is 0 Å². The second kappa shape index (κ2) is 8.62. The number of amides is 1. The molecule has 1 rings (SSSR count). The van der Waals surface area contributed by atoms with E-state index in [-0.39, 0.29) is 11.7 Å². The molecule has 1 amide bonds. The number of phenolic OH excluding ortho intramolecular Hbond substituents is 1.